The minimum absolute atomic E-state index is 0.135. The number of hydrogen-bond acceptors (Lipinski definition) is 2. The molecule has 1 atom stereocenters. The molecule has 0 unspecified atom stereocenters. The van der Waals surface area contributed by atoms with E-state index in [1.54, 1.807) is 13.0 Å². The average molecular weight is 233 g/mol. The maximum atomic E-state index is 11.5. The summed E-state index contributed by atoms with van der Waals surface area (Å²) in [7, 11) is 0. The van der Waals surface area contributed by atoms with E-state index in [1.165, 1.54) is 5.56 Å². The van der Waals surface area contributed by atoms with Crippen LogP contribution in [0, 0.1) is 0 Å². The lowest BCUT2D eigenvalue weighted by Gasteiger charge is -2.14. The van der Waals surface area contributed by atoms with E-state index >= 15 is 0 Å². The van der Waals surface area contributed by atoms with Gasteiger partial charge in [-0.1, -0.05) is 25.1 Å². The van der Waals surface area contributed by atoms with E-state index in [0.717, 1.165) is 6.42 Å². The van der Waals surface area contributed by atoms with Gasteiger partial charge in [0.15, 0.2) is 6.10 Å². The first-order valence-electron chi connectivity index (χ1n) is 5.81. The number of amides is 1. The molecule has 0 spiro atoms. The molecule has 1 aromatic carbocycles. The zero-order valence-electron chi connectivity index (χ0n) is 10.4. The van der Waals surface area contributed by atoms with E-state index in [1.807, 2.05) is 24.3 Å². The van der Waals surface area contributed by atoms with Crippen molar-refractivity contribution < 1.29 is 9.53 Å². The maximum absolute atomic E-state index is 11.5. The van der Waals surface area contributed by atoms with Crippen LogP contribution >= 0.6 is 0 Å². The second kappa shape index (κ2) is 6.74. The fraction of sp³-hybridized carbons (Fsp3) is 0.357. The molecule has 0 aliphatic rings. The molecule has 0 aliphatic heterocycles. The van der Waals surface area contributed by atoms with Gasteiger partial charge in [0.05, 0.1) is 0 Å². The molecule has 0 heterocycles. The lowest BCUT2D eigenvalue weighted by atomic mass is 10.2. The molecule has 3 heteroatoms. The van der Waals surface area contributed by atoms with Crippen LogP contribution in [0.15, 0.2) is 36.9 Å². The highest BCUT2D eigenvalue weighted by Gasteiger charge is 2.13. The number of nitrogens with one attached hydrogen (secondary N) is 1. The molecule has 0 aliphatic carbocycles. The number of carbonyl (C=O) groups is 1. The van der Waals surface area contributed by atoms with E-state index in [0.29, 0.717) is 12.3 Å². The van der Waals surface area contributed by atoms with Gasteiger partial charge in [0.2, 0.25) is 0 Å². The Morgan fingerprint density at radius 1 is 1.47 bits per heavy atom. The molecule has 17 heavy (non-hydrogen) atoms. The summed E-state index contributed by atoms with van der Waals surface area (Å²) in [6.07, 6.45) is 2.14. The summed E-state index contributed by atoms with van der Waals surface area (Å²) in [6, 6.07) is 7.78. The molecule has 0 bridgehead atoms. The van der Waals surface area contributed by atoms with Crippen molar-refractivity contribution in [1.82, 2.24) is 5.32 Å². The summed E-state index contributed by atoms with van der Waals surface area (Å²) in [5.74, 6) is 0.577. The Kier molecular flexibility index (Phi) is 5.27. The normalized spacial score (nSPS) is 11.6. The van der Waals surface area contributed by atoms with Crippen molar-refractivity contribution in [1.29, 1.82) is 0 Å². The van der Waals surface area contributed by atoms with Crippen molar-refractivity contribution in [3.8, 4) is 5.75 Å². The molecule has 1 aromatic rings. The first kappa shape index (κ1) is 13.3. The minimum atomic E-state index is -0.498. The molecular weight excluding hydrogens is 214 g/mol. The highest BCUT2D eigenvalue weighted by atomic mass is 16.5. The van der Waals surface area contributed by atoms with Crippen LogP contribution in [-0.2, 0) is 11.2 Å². The van der Waals surface area contributed by atoms with Gasteiger partial charge < -0.3 is 10.1 Å². The minimum Gasteiger partial charge on any atom is -0.481 e. The highest BCUT2D eigenvalue weighted by molar-refractivity contribution is 5.80. The smallest absolute Gasteiger partial charge is 0.261 e. The summed E-state index contributed by atoms with van der Waals surface area (Å²) >= 11 is 0. The Labute approximate surface area is 102 Å². The van der Waals surface area contributed by atoms with Crippen LogP contribution in [0.3, 0.4) is 0 Å². The number of carbonyl (C=O) groups excluding carboxylic acids is 1. The third-order valence-electron chi connectivity index (χ3n) is 2.43. The standard InChI is InChI=1S/C14H19NO2/c1-4-10-15-14(16)11(3)17-13-8-6-12(5-2)7-9-13/h4,6-9,11H,1,5,10H2,2-3H3,(H,15,16)/t11-/m0/s1. The molecule has 0 saturated heterocycles. The van der Waals surface area contributed by atoms with Gasteiger partial charge in [-0.25, -0.2) is 0 Å². The summed E-state index contributed by atoms with van der Waals surface area (Å²) in [6.45, 7) is 7.83. The third-order valence-corrected chi connectivity index (χ3v) is 2.43. The predicted molar refractivity (Wildman–Crippen MR) is 69.1 cm³/mol. The first-order valence-corrected chi connectivity index (χ1v) is 5.81. The Hall–Kier alpha value is -1.77. The number of rotatable bonds is 6. The Bertz CT molecular complexity index is 370. The predicted octanol–water partition coefficient (Wildman–Crippen LogP) is 2.32. The lowest BCUT2D eigenvalue weighted by Crippen LogP contribution is -2.36. The van der Waals surface area contributed by atoms with Gasteiger partial charge in [0.1, 0.15) is 5.75 Å². The van der Waals surface area contributed by atoms with Gasteiger partial charge in [-0.05, 0) is 31.0 Å². The largest absolute Gasteiger partial charge is 0.481 e. The van der Waals surface area contributed by atoms with Crippen LogP contribution in [0.4, 0.5) is 0 Å². The number of aryl methyl sites for hydroxylation is 1. The molecular formula is C14H19NO2. The van der Waals surface area contributed by atoms with Crippen molar-refractivity contribution in [2.75, 3.05) is 6.54 Å². The average Bonchev–Trinajstić information content (AvgIpc) is 2.36. The highest BCUT2D eigenvalue weighted by Crippen LogP contribution is 2.14. The van der Waals surface area contributed by atoms with Crippen LogP contribution in [-0.4, -0.2) is 18.6 Å². The molecule has 92 valence electrons. The third kappa shape index (κ3) is 4.31. The van der Waals surface area contributed by atoms with Gasteiger partial charge in [-0.3, -0.25) is 4.79 Å². The van der Waals surface area contributed by atoms with Gasteiger partial charge in [-0.15, -0.1) is 6.58 Å². The van der Waals surface area contributed by atoms with Gasteiger partial charge in [-0.2, -0.15) is 0 Å². The van der Waals surface area contributed by atoms with Crippen molar-refractivity contribution in [2.24, 2.45) is 0 Å². The Morgan fingerprint density at radius 2 is 2.12 bits per heavy atom. The fourth-order valence-corrected chi connectivity index (χ4v) is 1.38. The van der Waals surface area contributed by atoms with Crippen LogP contribution in [0.5, 0.6) is 5.75 Å². The maximum Gasteiger partial charge on any atom is 0.261 e. The van der Waals surface area contributed by atoms with Crippen LogP contribution in [0.1, 0.15) is 19.4 Å². The van der Waals surface area contributed by atoms with E-state index in [4.69, 9.17) is 4.74 Å². The summed E-state index contributed by atoms with van der Waals surface area (Å²) < 4.78 is 5.53. The van der Waals surface area contributed by atoms with Gasteiger partial charge >= 0.3 is 0 Å². The molecule has 3 nitrogen and oxygen atoms in total. The van der Waals surface area contributed by atoms with Crippen molar-refractivity contribution in [3.63, 3.8) is 0 Å². The fourth-order valence-electron chi connectivity index (χ4n) is 1.38. The molecule has 0 radical (unpaired) electrons. The summed E-state index contributed by atoms with van der Waals surface area (Å²) in [5.41, 5.74) is 1.25. The SMILES string of the molecule is C=CCNC(=O)[C@H](C)Oc1ccc(CC)cc1. The second-order valence-corrected chi connectivity index (χ2v) is 3.79. The molecule has 0 fully saturated rings. The first-order chi connectivity index (χ1) is 8.17. The zero-order chi connectivity index (χ0) is 12.7. The monoisotopic (exact) mass is 233 g/mol. The van der Waals surface area contributed by atoms with E-state index in [-0.39, 0.29) is 5.91 Å². The summed E-state index contributed by atoms with van der Waals surface area (Å²) in [5, 5.41) is 2.69. The van der Waals surface area contributed by atoms with Gasteiger partial charge in [0, 0.05) is 6.54 Å². The zero-order valence-corrected chi connectivity index (χ0v) is 10.4. The topological polar surface area (TPSA) is 38.3 Å². The number of ether oxygens (including phenoxy) is 1. The van der Waals surface area contributed by atoms with E-state index in [2.05, 4.69) is 18.8 Å². The molecule has 0 aromatic heterocycles. The Morgan fingerprint density at radius 3 is 2.65 bits per heavy atom. The summed E-state index contributed by atoms with van der Waals surface area (Å²) in [4.78, 5) is 11.5. The van der Waals surface area contributed by atoms with Crippen LogP contribution in [0.2, 0.25) is 0 Å². The van der Waals surface area contributed by atoms with E-state index in [9.17, 15) is 4.79 Å². The lowest BCUT2D eigenvalue weighted by molar-refractivity contribution is -0.127. The molecule has 1 amide bonds. The Balaban J connectivity index is 2.51. The van der Waals surface area contributed by atoms with Crippen LogP contribution < -0.4 is 10.1 Å². The van der Waals surface area contributed by atoms with Crippen molar-refractivity contribution in [3.05, 3.63) is 42.5 Å². The molecule has 1 N–H and O–H groups in total. The van der Waals surface area contributed by atoms with Crippen LogP contribution in [0.25, 0.3) is 0 Å². The second-order valence-electron chi connectivity index (χ2n) is 3.79. The quantitative estimate of drug-likeness (QED) is 0.766. The van der Waals surface area contributed by atoms with Crippen molar-refractivity contribution in [2.45, 2.75) is 26.4 Å². The van der Waals surface area contributed by atoms with Crippen molar-refractivity contribution >= 4 is 5.91 Å². The van der Waals surface area contributed by atoms with Gasteiger partial charge in [0.25, 0.3) is 5.91 Å². The number of benzene rings is 1. The molecule has 0 saturated carbocycles. The number of hydrogen-bond donors (Lipinski definition) is 1. The molecule has 1 rings (SSSR count). The van der Waals surface area contributed by atoms with E-state index < -0.39 is 6.10 Å².